The molecule has 0 atom stereocenters. The quantitative estimate of drug-likeness (QED) is 0.912. The van der Waals surface area contributed by atoms with Crippen molar-refractivity contribution in [3.63, 3.8) is 0 Å². The van der Waals surface area contributed by atoms with Crippen molar-refractivity contribution in [2.75, 3.05) is 13.2 Å². The smallest absolute Gasteiger partial charge is 0.248 e. The van der Waals surface area contributed by atoms with E-state index in [1.54, 1.807) is 0 Å². The van der Waals surface area contributed by atoms with Gasteiger partial charge in [0.05, 0.1) is 6.61 Å². The van der Waals surface area contributed by atoms with Gasteiger partial charge in [0.25, 0.3) is 0 Å². The third-order valence-electron chi connectivity index (χ3n) is 4.41. The molecule has 1 aromatic carbocycles. The van der Waals surface area contributed by atoms with Crippen LogP contribution in [0.3, 0.4) is 0 Å². The van der Waals surface area contributed by atoms with Crippen molar-refractivity contribution in [2.24, 2.45) is 5.73 Å². The topological polar surface area (TPSA) is 35.2 Å². The van der Waals surface area contributed by atoms with Gasteiger partial charge in [0.2, 0.25) is 5.92 Å². The zero-order valence-electron chi connectivity index (χ0n) is 12.2. The number of halogens is 2. The van der Waals surface area contributed by atoms with Crippen LogP contribution in [0.2, 0.25) is 0 Å². The van der Waals surface area contributed by atoms with Gasteiger partial charge < -0.3 is 10.5 Å². The lowest BCUT2D eigenvalue weighted by Crippen LogP contribution is -2.42. The summed E-state index contributed by atoms with van der Waals surface area (Å²) in [6.07, 6.45) is 0.754. The Kier molecular flexibility index (Phi) is 4.33. The standard InChI is InChI=1S/C16H23F2NO/c1-3-20-13-4-5-14(12(2)10-13)15(11-19)6-8-16(17,18)9-7-15/h4-5,10H,3,6-9,11,19H2,1-2H3. The molecule has 0 unspecified atom stereocenters. The molecule has 2 rings (SSSR count). The first-order valence-electron chi connectivity index (χ1n) is 7.24. The minimum Gasteiger partial charge on any atom is -0.494 e. The molecule has 0 saturated heterocycles. The fourth-order valence-corrected chi connectivity index (χ4v) is 3.17. The summed E-state index contributed by atoms with van der Waals surface area (Å²) in [6, 6.07) is 5.88. The second-order valence-corrected chi connectivity index (χ2v) is 5.75. The second-order valence-electron chi connectivity index (χ2n) is 5.75. The van der Waals surface area contributed by atoms with Crippen LogP contribution in [0.25, 0.3) is 0 Å². The minimum atomic E-state index is -2.53. The maximum atomic E-state index is 13.4. The molecule has 2 nitrogen and oxygen atoms in total. The highest BCUT2D eigenvalue weighted by atomic mass is 19.3. The summed E-state index contributed by atoms with van der Waals surface area (Å²) in [4.78, 5) is 0. The van der Waals surface area contributed by atoms with Crippen LogP contribution in [-0.4, -0.2) is 19.1 Å². The van der Waals surface area contributed by atoms with Crippen molar-refractivity contribution >= 4 is 0 Å². The summed E-state index contributed by atoms with van der Waals surface area (Å²) < 4.78 is 32.3. The van der Waals surface area contributed by atoms with Crippen LogP contribution in [0.1, 0.15) is 43.7 Å². The lowest BCUT2D eigenvalue weighted by atomic mass is 9.67. The summed E-state index contributed by atoms with van der Waals surface area (Å²) in [7, 11) is 0. The molecule has 0 aromatic heterocycles. The van der Waals surface area contributed by atoms with Crippen molar-refractivity contribution in [1.29, 1.82) is 0 Å². The fraction of sp³-hybridized carbons (Fsp3) is 0.625. The second kappa shape index (κ2) is 5.68. The van der Waals surface area contributed by atoms with Crippen LogP contribution in [0, 0.1) is 6.92 Å². The van der Waals surface area contributed by atoms with E-state index in [0.717, 1.165) is 16.9 Å². The number of aryl methyl sites for hydroxylation is 1. The van der Waals surface area contributed by atoms with Crippen LogP contribution in [0.5, 0.6) is 5.75 Å². The SMILES string of the molecule is CCOc1ccc(C2(CN)CCC(F)(F)CC2)c(C)c1. The molecule has 2 N–H and O–H groups in total. The molecule has 1 aromatic rings. The molecule has 0 spiro atoms. The third-order valence-corrected chi connectivity index (χ3v) is 4.41. The van der Waals surface area contributed by atoms with Gasteiger partial charge in [-0.1, -0.05) is 6.07 Å². The molecular formula is C16H23F2NO. The van der Waals surface area contributed by atoms with Gasteiger partial charge in [0.15, 0.2) is 0 Å². The first-order valence-corrected chi connectivity index (χ1v) is 7.24. The number of ether oxygens (including phenoxy) is 1. The Labute approximate surface area is 119 Å². The number of nitrogens with two attached hydrogens (primary N) is 1. The summed E-state index contributed by atoms with van der Waals surface area (Å²) in [5.41, 5.74) is 7.81. The van der Waals surface area contributed by atoms with Gasteiger partial charge >= 0.3 is 0 Å². The zero-order valence-corrected chi connectivity index (χ0v) is 12.2. The van der Waals surface area contributed by atoms with Crippen LogP contribution in [0.15, 0.2) is 18.2 Å². The summed E-state index contributed by atoms with van der Waals surface area (Å²) in [5, 5.41) is 0. The lowest BCUT2D eigenvalue weighted by Gasteiger charge is -2.40. The van der Waals surface area contributed by atoms with Gasteiger partial charge in [0.1, 0.15) is 5.75 Å². The molecule has 1 saturated carbocycles. The molecule has 0 amide bonds. The lowest BCUT2D eigenvalue weighted by molar-refractivity contribution is -0.0510. The molecule has 0 bridgehead atoms. The summed E-state index contributed by atoms with van der Waals surface area (Å²) in [6.45, 7) is 4.97. The van der Waals surface area contributed by atoms with Gasteiger partial charge in [-0.25, -0.2) is 8.78 Å². The van der Waals surface area contributed by atoms with Crippen molar-refractivity contribution in [3.05, 3.63) is 29.3 Å². The molecule has 0 aliphatic heterocycles. The van der Waals surface area contributed by atoms with E-state index in [2.05, 4.69) is 0 Å². The van der Waals surface area contributed by atoms with E-state index in [-0.39, 0.29) is 18.3 Å². The van der Waals surface area contributed by atoms with Crippen molar-refractivity contribution in [2.45, 2.75) is 50.9 Å². The fourth-order valence-electron chi connectivity index (χ4n) is 3.17. The first kappa shape index (κ1) is 15.2. The molecule has 112 valence electrons. The van der Waals surface area contributed by atoms with E-state index < -0.39 is 5.92 Å². The molecule has 20 heavy (non-hydrogen) atoms. The molecule has 4 heteroatoms. The Hall–Kier alpha value is -1.16. The average Bonchev–Trinajstić information content (AvgIpc) is 2.41. The van der Waals surface area contributed by atoms with Crippen molar-refractivity contribution in [1.82, 2.24) is 0 Å². The van der Waals surface area contributed by atoms with Crippen LogP contribution >= 0.6 is 0 Å². The van der Waals surface area contributed by atoms with E-state index in [9.17, 15) is 8.78 Å². The molecule has 1 aliphatic rings. The number of alkyl halides is 2. The zero-order chi connectivity index (χ0) is 14.8. The Balaban J connectivity index is 2.28. The largest absolute Gasteiger partial charge is 0.494 e. The highest BCUT2D eigenvalue weighted by molar-refractivity contribution is 5.40. The highest BCUT2D eigenvalue weighted by Gasteiger charge is 2.44. The Bertz CT molecular complexity index is 464. The van der Waals surface area contributed by atoms with E-state index in [0.29, 0.717) is 26.0 Å². The number of hydrogen-bond acceptors (Lipinski definition) is 2. The number of rotatable bonds is 4. The first-order chi connectivity index (χ1) is 9.42. The van der Waals surface area contributed by atoms with E-state index in [1.165, 1.54) is 0 Å². The molecule has 1 aliphatic carbocycles. The van der Waals surface area contributed by atoms with Gasteiger partial charge in [-0.15, -0.1) is 0 Å². The van der Waals surface area contributed by atoms with E-state index >= 15 is 0 Å². The monoisotopic (exact) mass is 283 g/mol. The third kappa shape index (κ3) is 2.95. The highest BCUT2D eigenvalue weighted by Crippen LogP contribution is 2.46. The van der Waals surface area contributed by atoms with E-state index in [1.807, 2.05) is 32.0 Å². The predicted molar refractivity (Wildman–Crippen MR) is 76.5 cm³/mol. The van der Waals surface area contributed by atoms with Gasteiger partial charge in [0, 0.05) is 24.8 Å². The van der Waals surface area contributed by atoms with Gasteiger partial charge in [-0.05, 0) is 49.9 Å². The molecular weight excluding hydrogens is 260 g/mol. The van der Waals surface area contributed by atoms with Crippen molar-refractivity contribution < 1.29 is 13.5 Å². The molecule has 0 radical (unpaired) electrons. The van der Waals surface area contributed by atoms with Gasteiger partial charge in [-0.3, -0.25) is 0 Å². The normalized spacial score (nSPS) is 20.6. The maximum Gasteiger partial charge on any atom is 0.248 e. The molecule has 0 heterocycles. The summed E-state index contributed by atoms with van der Waals surface area (Å²) >= 11 is 0. The van der Waals surface area contributed by atoms with Crippen molar-refractivity contribution in [3.8, 4) is 5.75 Å². The Morgan fingerprint density at radius 3 is 2.35 bits per heavy atom. The van der Waals surface area contributed by atoms with Gasteiger partial charge in [-0.2, -0.15) is 0 Å². The van der Waals surface area contributed by atoms with Crippen LogP contribution < -0.4 is 10.5 Å². The van der Waals surface area contributed by atoms with E-state index in [4.69, 9.17) is 10.5 Å². The number of benzene rings is 1. The average molecular weight is 283 g/mol. The summed E-state index contributed by atoms with van der Waals surface area (Å²) in [5.74, 6) is -1.71. The minimum absolute atomic E-state index is 0.0726. The van der Waals surface area contributed by atoms with Crippen LogP contribution in [-0.2, 0) is 5.41 Å². The Morgan fingerprint density at radius 1 is 1.20 bits per heavy atom. The molecule has 1 fully saturated rings. The maximum absolute atomic E-state index is 13.4. The number of hydrogen-bond donors (Lipinski definition) is 1. The predicted octanol–water partition coefficient (Wildman–Crippen LogP) is 3.80. The Morgan fingerprint density at radius 2 is 1.85 bits per heavy atom. The van der Waals surface area contributed by atoms with Crippen LogP contribution in [0.4, 0.5) is 8.78 Å².